The van der Waals surface area contributed by atoms with Gasteiger partial charge < -0.3 is 5.32 Å². The maximum atomic E-state index is 11.4. The van der Waals surface area contributed by atoms with Crippen LogP contribution in [0.5, 0.6) is 0 Å². The quantitative estimate of drug-likeness (QED) is 0.805. The topological polar surface area (TPSA) is 61.4 Å². The van der Waals surface area contributed by atoms with Crippen molar-refractivity contribution in [2.75, 3.05) is 16.9 Å². The zero-order valence-corrected chi connectivity index (χ0v) is 9.86. The van der Waals surface area contributed by atoms with E-state index in [0.717, 1.165) is 11.4 Å². The Hall–Kier alpha value is -2.04. The Labute approximate surface area is 99.8 Å². The maximum Gasteiger partial charge on any atom is 0.243 e. The van der Waals surface area contributed by atoms with Crippen LogP contribution in [0.4, 0.5) is 11.4 Å². The van der Waals surface area contributed by atoms with E-state index in [0.29, 0.717) is 6.54 Å². The summed E-state index contributed by atoms with van der Waals surface area (Å²) in [6.45, 7) is 4.02. The molecular formula is C12H15N3O2. The van der Waals surface area contributed by atoms with E-state index in [1.54, 1.807) is 0 Å². The summed E-state index contributed by atoms with van der Waals surface area (Å²) < 4.78 is 0. The summed E-state index contributed by atoms with van der Waals surface area (Å²) in [4.78, 5) is 22.2. The highest BCUT2D eigenvalue weighted by atomic mass is 16.2. The monoisotopic (exact) mass is 233 g/mol. The molecule has 1 aromatic carbocycles. The fraction of sp³-hybridized carbons (Fsp3) is 0.333. The lowest BCUT2D eigenvalue weighted by Gasteiger charge is -2.17. The van der Waals surface area contributed by atoms with Gasteiger partial charge in [0.05, 0.1) is 18.2 Å². The van der Waals surface area contributed by atoms with Gasteiger partial charge in [0.25, 0.3) is 0 Å². The first-order chi connectivity index (χ1) is 8.06. The molecule has 2 rings (SSSR count). The van der Waals surface area contributed by atoms with Crippen LogP contribution in [0.1, 0.15) is 13.8 Å². The Kier molecular flexibility index (Phi) is 2.99. The van der Waals surface area contributed by atoms with E-state index >= 15 is 0 Å². The molecule has 0 spiro atoms. The molecule has 1 saturated heterocycles. The zero-order chi connectivity index (χ0) is 12.4. The molecule has 5 nitrogen and oxygen atoms in total. The summed E-state index contributed by atoms with van der Waals surface area (Å²) >= 11 is 0. The van der Waals surface area contributed by atoms with Gasteiger partial charge in [-0.1, -0.05) is 6.92 Å². The van der Waals surface area contributed by atoms with Crippen LogP contribution >= 0.6 is 0 Å². The predicted octanol–water partition coefficient (Wildman–Crippen LogP) is 1.13. The molecular weight excluding hydrogens is 218 g/mol. The molecule has 1 fully saturated rings. The van der Waals surface area contributed by atoms with E-state index in [-0.39, 0.29) is 17.7 Å². The molecule has 0 aliphatic carbocycles. The number of rotatable bonds is 2. The average Bonchev–Trinajstić information content (AvgIpc) is 2.59. The minimum atomic E-state index is -0.0964. The van der Waals surface area contributed by atoms with Crippen molar-refractivity contribution in [3.8, 4) is 0 Å². The molecule has 1 unspecified atom stereocenters. The lowest BCUT2D eigenvalue weighted by Crippen LogP contribution is -2.32. The molecule has 90 valence electrons. The summed E-state index contributed by atoms with van der Waals surface area (Å²) in [5.41, 5.74) is 4.45. The predicted molar refractivity (Wildman–Crippen MR) is 65.4 cm³/mol. The highest BCUT2D eigenvalue weighted by molar-refractivity contribution is 5.89. The van der Waals surface area contributed by atoms with Gasteiger partial charge in [-0.3, -0.25) is 20.0 Å². The number of nitrogens with one attached hydrogen (secondary N) is 2. The standard InChI is InChI=1S/C12H15N3O2/c1-8-7-15(14-12(8)17)11-5-3-10(4-6-11)13-9(2)16/h3-6,8H,7H2,1-2H3,(H,13,16)(H,14,17). The number of hydrogen-bond acceptors (Lipinski definition) is 3. The largest absolute Gasteiger partial charge is 0.326 e. The van der Waals surface area contributed by atoms with Crippen LogP contribution in [0.3, 0.4) is 0 Å². The number of hydrogen-bond donors (Lipinski definition) is 2. The van der Waals surface area contributed by atoms with Crippen molar-refractivity contribution in [3.05, 3.63) is 24.3 Å². The van der Waals surface area contributed by atoms with E-state index < -0.39 is 0 Å². The number of nitrogens with zero attached hydrogens (tertiary/aromatic N) is 1. The molecule has 0 bridgehead atoms. The van der Waals surface area contributed by atoms with E-state index in [4.69, 9.17) is 0 Å². The first-order valence-corrected chi connectivity index (χ1v) is 5.52. The Morgan fingerprint density at radius 1 is 1.41 bits per heavy atom. The molecule has 2 amide bonds. The lowest BCUT2D eigenvalue weighted by atomic mass is 10.2. The number of hydrazine groups is 1. The van der Waals surface area contributed by atoms with Crippen LogP contribution < -0.4 is 15.8 Å². The molecule has 5 heteroatoms. The van der Waals surface area contributed by atoms with Crippen molar-refractivity contribution in [3.63, 3.8) is 0 Å². The Morgan fingerprint density at radius 2 is 2.06 bits per heavy atom. The second kappa shape index (κ2) is 4.45. The number of amides is 2. The van der Waals surface area contributed by atoms with Crippen molar-refractivity contribution in [2.45, 2.75) is 13.8 Å². The van der Waals surface area contributed by atoms with Crippen molar-refractivity contribution in [1.29, 1.82) is 0 Å². The number of anilines is 2. The van der Waals surface area contributed by atoms with Crippen molar-refractivity contribution in [2.24, 2.45) is 5.92 Å². The van der Waals surface area contributed by atoms with Gasteiger partial charge in [-0.15, -0.1) is 0 Å². The minimum absolute atomic E-state index is 0.00465. The van der Waals surface area contributed by atoms with Crippen LogP contribution in [0, 0.1) is 5.92 Å². The molecule has 2 N–H and O–H groups in total. The molecule has 1 aromatic rings. The first kappa shape index (κ1) is 11.4. The molecule has 0 radical (unpaired) electrons. The van der Waals surface area contributed by atoms with Gasteiger partial charge >= 0.3 is 0 Å². The first-order valence-electron chi connectivity index (χ1n) is 5.52. The summed E-state index contributed by atoms with van der Waals surface area (Å²) in [7, 11) is 0. The highest BCUT2D eigenvalue weighted by Crippen LogP contribution is 2.20. The van der Waals surface area contributed by atoms with E-state index in [9.17, 15) is 9.59 Å². The maximum absolute atomic E-state index is 11.4. The molecule has 1 aliphatic rings. The van der Waals surface area contributed by atoms with Crippen LogP contribution in [-0.4, -0.2) is 18.4 Å². The summed E-state index contributed by atoms with van der Waals surface area (Å²) in [5.74, 6) is -0.0539. The fourth-order valence-electron chi connectivity index (χ4n) is 1.74. The molecule has 1 atom stereocenters. The number of carbonyl (C=O) groups excluding carboxylic acids is 2. The van der Waals surface area contributed by atoms with Gasteiger partial charge in [-0.2, -0.15) is 0 Å². The smallest absolute Gasteiger partial charge is 0.243 e. The van der Waals surface area contributed by atoms with Gasteiger partial charge in [-0.25, -0.2) is 0 Å². The average molecular weight is 233 g/mol. The summed E-state index contributed by atoms with van der Waals surface area (Å²) in [6.07, 6.45) is 0. The minimum Gasteiger partial charge on any atom is -0.326 e. The second-order valence-electron chi connectivity index (χ2n) is 4.22. The SMILES string of the molecule is CC(=O)Nc1ccc(N2CC(C)C(=O)N2)cc1. The van der Waals surface area contributed by atoms with Gasteiger partial charge in [0.2, 0.25) is 11.8 Å². The van der Waals surface area contributed by atoms with Crippen LogP contribution in [0.2, 0.25) is 0 Å². The van der Waals surface area contributed by atoms with Gasteiger partial charge in [0.15, 0.2) is 0 Å². The third-order valence-electron chi connectivity index (χ3n) is 2.65. The fourth-order valence-corrected chi connectivity index (χ4v) is 1.74. The van der Waals surface area contributed by atoms with E-state index in [1.807, 2.05) is 36.2 Å². The van der Waals surface area contributed by atoms with Crippen LogP contribution in [0.25, 0.3) is 0 Å². The Bertz CT molecular complexity index is 442. The second-order valence-corrected chi connectivity index (χ2v) is 4.22. The number of carbonyl (C=O) groups is 2. The summed E-state index contributed by atoms with van der Waals surface area (Å²) in [6, 6.07) is 7.35. The summed E-state index contributed by atoms with van der Waals surface area (Å²) in [5, 5.41) is 4.51. The van der Waals surface area contributed by atoms with E-state index in [2.05, 4.69) is 10.7 Å². The molecule has 17 heavy (non-hydrogen) atoms. The van der Waals surface area contributed by atoms with E-state index in [1.165, 1.54) is 6.92 Å². The van der Waals surface area contributed by atoms with Crippen molar-refractivity contribution in [1.82, 2.24) is 5.43 Å². The highest BCUT2D eigenvalue weighted by Gasteiger charge is 2.26. The van der Waals surface area contributed by atoms with Crippen molar-refractivity contribution >= 4 is 23.2 Å². The Balaban J connectivity index is 2.08. The van der Waals surface area contributed by atoms with Crippen molar-refractivity contribution < 1.29 is 9.59 Å². The molecule has 0 aromatic heterocycles. The van der Waals surface area contributed by atoms with Crippen LogP contribution in [0.15, 0.2) is 24.3 Å². The third kappa shape index (κ3) is 2.55. The van der Waals surface area contributed by atoms with Gasteiger partial charge in [0, 0.05) is 12.6 Å². The normalized spacial score (nSPS) is 19.1. The molecule has 1 aliphatic heterocycles. The zero-order valence-electron chi connectivity index (χ0n) is 9.86. The number of benzene rings is 1. The van der Waals surface area contributed by atoms with Gasteiger partial charge in [0.1, 0.15) is 0 Å². The lowest BCUT2D eigenvalue weighted by molar-refractivity contribution is -0.121. The Morgan fingerprint density at radius 3 is 2.53 bits per heavy atom. The molecule has 1 heterocycles. The molecule has 0 saturated carbocycles. The third-order valence-corrected chi connectivity index (χ3v) is 2.65. The van der Waals surface area contributed by atoms with Crippen LogP contribution in [-0.2, 0) is 9.59 Å². The van der Waals surface area contributed by atoms with Gasteiger partial charge in [-0.05, 0) is 24.3 Å².